The van der Waals surface area contributed by atoms with Crippen LogP contribution >= 0.6 is 0 Å². The van der Waals surface area contributed by atoms with E-state index in [4.69, 9.17) is 14.2 Å². The molecule has 0 fully saturated rings. The first-order chi connectivity index (χ1) is 16.3. The van der Waals surface area contributed by atoms with E-state index in [1.54, 1.807) is 18.2 Å². The number of carbonyl (C=O) groups is 2. The largest absolute Gasteiger partial charge is 0.493 e. The van der Waals surface area contributed by atoms with E-state index in [0.717, 1.165) is 19.3 Å². The van der Waals surface area contributed by atoms with Crippen LogP contribution in [0.15, 0.2) is 71.5 Å². The van der Waals surface area contributed by atoms with Gasteiger partial charge in [-0.15, -0.1) is 0 Å². The van der Waals surface area contributed by atoms with Crippen molar-refractivity contribution in [2.75, 3.05) is 20.8 Å². The molecule has 1 heterocycles. The van der Waals surface area contributed by atoms with Crippen molar-refractivity contribution in [3.63, 3.8) is 0 Å². The Labute approximate surface area is 200 Å². The Morgan fingerprint density at radius 1 is 1.00 bits per heavy atom. The van der Waals surface area contributed by atoms with Crippen LogP contribution in [0.4, 0.5) is 0 Å². The number of nitrogens with zero attached hydrogens (tertiary/aromatic N) is 1. The van der Waals surface area contributed by atoms with Gasteiger partial charge in [0.1, 0.15) is 5.75 Å². The second kappa shape index (κ2) is 11.4. The highest BCUT2D eigenvalue weighted by Gasteiger charge is 2.31. The lowest BCUT2D eigenvalue weighted by molar-refractivity contribution is -0.133. The number of esters is 1. The van der Waals surface area contributed by atoms with Crippen molar-refractivity contribution >= 4 is 11.9 Å². The van der Waals surface area contributed by atoms with Gasteiger partial charge in [-0.1, -0.05) is 30.3 Å². The van der Waals surface area contributed by atoms with Crippen LogP contribution in [0.2, 0.25) is 0 Å². The molecule has 0 saturated carbocycles. The van der Waals surface area contributed by atoms with E-state index in [9.17, 15) is 14.7 Å². The monoisotopic (exact) mass is 465 g/mol. The van der Waals surface area contributed by atoms with E-state index < -0.39 is 11.9 Å². The van der Waals surface area contributed by atoms with E-state index in [2.05, 4.69) is 12.1 Å². The molecule has 2 aromatic rings. The number of rotatable bonds is 10. The van der Waals surface area contributed by atoms with E-state index in [0.29, 0.717) is 23.7 Å². The van der Waals surface area contributed by atoms with Crippen molar-refractivity contribution in [2.45, 2.75) is 39.2 Å². The second-order valence-corrected chi connectivity index (χ2v) is 8.12. The Morgan fingerprint density at radius 3 is 2.35 bits per heavy atom. The van der Waals surface area contributed by atoms with E-state index >= 15 is 0 Å². The molecule has 0 saturated heterocycles. The third-order valence-electron chi connectivity index (χ3n) is 6.03. The summed E-state index contributed by atoms with van der Waals surface area (Å²) in [6.45, 7) is 4.31. The molecule has 1 aliphatic heterocycles. The number of methoxy groups -OCH3 is 2. The summed E-state index contributed by atoms with van der Waals surface area (Å²) in [4.78, 5) is 26.9. The van der Waals surface area contributed by atoms with Gasteiger partial charge in [-0.2, -0.15) is 0 Å². The van der Waals surface area contributed by atoms with E-state index in [1.807, 2.05) is 36.9 Å². The third kappa shape index (κ3) is 5.78. The van der Waals surface area contributed by atoms with Crippen LogP contribution < -0.4 is 14.2 Å². The lowest BCUT2D eigenvalue weighted by Crippen LogP contribution is -2.40. The van der Waals surface area contributed by atoms with Crippen LogP contribution in [-0.2, 0) is 16.0 Å². The van der Waals surface area contributed by atoms with Crippen LogP contribution in [-0.4, -0.2) is 48.8 Å². The number of allylic oxidation sites excluding steroid dienone is 1. The number of carboxylic acids is 1. The molecule has 1 aliphatic rings. The van der Waals surface area contributed by atoms with Gasteiger partial charge in [-0.05, 0) is 56.9 Å². The van der Waals surface area contributed by atoms with Gasteiger partial charge in [0, 0.05) is 18.3 Å². The fraction of sp³-hybridized carbons (Fsp3) is 0.333. The van der Waals surface area contributed by atoms with Crippen LogP contribution in [0.25, 0.3) is 0 Å². The fourth-order valence-corrected chi connectivity index (χ4v) is 4.10. The SMILES string of the molecule is COc1ccc(OC(=O)C2=C(C)N(CCCCc3ccccc3)C(C)C(C(=O)O)=C2)cc1OC. The van der Waals surface area contributed by atoms with Crippen LogP contribution in [0, 0.1) is 0 Å². The lowest BCUT2D eigenvalue weighted by atomic mass is 9.96. The summed E-state index contributed by atoms with van der Waals surface area (Å²) in [6, 6.07) is 14.7. The van der Waals surface area contributed by atoms with E-state index in [-0.39, 0.29) is 22.9 Å². The smallest absolute Gasteiger partial charge is 0.345 e. The molecule has 7 heteroatoms. The molecule has 34 heavy (non-hydrogen) atoms. The molecule has 1 N–H and O–H groups in total. The Bertz CT molecular complexity index is 1090. The van der Waals surface area contributed by atoms with Gasteiger partial charge >= 0.3 is 11.9 Å². The van der Waals surface area contributed by atoms with Gasteiger partial charge in [-0.3, -0.25) is 0 Å². The van der Waals surface area contributed by atoms with E-state index in [1.165, 1.54) is 25.9 Å². The predicted molar refractivity (Wildman–Crippen MR) is 129 cm³/mol. The van der Waals surface area contributed by atoms with Gasteiger partial charge in [-0.25, -0.2) is 9.59 Å². The predicted octanol–water partition coefficient (Wildman–Crippen LogP) is 4.62. The summed E-state index contributed by atoms with van der Waals surface area (Å²) in [6.07, 6.45) is 4.19. The van der Waals surface area contributed by atoms with Crippen molar-refractivity contribution in [3.05, 3.63) is 77.0 Å². The standard InChI is InChI=1S/C27H31NO6/c1-18-22(26(29)30)17-23(27(31)34-21-13-14-24(32-3)25(16-21)33-4)19(2)28(18)15-9-8-12-20-10-6-5-7-11-20/h5-7,10-11,13-14,16-18H,8-9,12,15H2,1-4H3,(H,29,30). The van der Waals surface area contributed by atoms with Crippen molar-refractivity contribution in [3.8, 4) is 17.2 Å². The summed E-state index contributed by atoms with van der Waals surface area (Å²) in [7, 11) is 3.02. The molecule has 0 aromatic heterocycles. The maximum atomic E-state index is 13.1. The number of carboxylic acid groups (broad SMARTS) is 1. The molecule has 0 radical (unpaired) electrons. The first-order valence-electron chi connectivity index (χ1n) is 11.3. The van der Waals surface area contributed by atoms with Crippen LogP contribution in [0.1, 0.15) is 32.3 Å². The molecule has 0 amide bonds. The number of aliphatic carboxylic acids is 1. The van der Waals surface area contributed by atoms with Crippen LogP contribution in [0.5, 0.6) is 17.2 Å². The van der Waals surface area contributed by atoms with Gasteiger partial charge in [0.05, 0.1) is 31.4 Å². The molecular formula is C27H31NO6. The Balaban J connectivity index is 1.76. The van der Waals surface area contributed by atoms with Crippen molar-refractivity contribution in [1.82, 2.24) is 4.90 Å². The molecule has 1 unspecified atom stereocenters. The number of hydrogen-bond acceptors (Lipinski definition) is 6. The Morgan fingerprint density at radius 2 is 1.71 bits per heavy atom. The minimum absolute atomic E-state index is 0.160. The number of ether oxygens (including phenoxy) is 3. The quantitative estimate of drug-likeness (QED) is 0.311. The topological polar surface area (TPSA) is 85.3 Å². The molecule has 1 atom stereocenters. The normalized spacial score (nSPS) is 15.6. The molecule has 0 bridgehead atoms. The highest BCUT2D eigenvalue weighted by Crippen LogP contribution is 2.32. The highest BCUT2D eigenvalue weighted by atomic mass is 16.5. The highest BCUT2D eigenvalue weighted by molar-refractivity contribution is 5.98. The van der Waals surface area contributed by atoms with Gasteiger partial charge in [0.15, 0.2) is 11.5 Å². The minimum atomic E-state index is -1.05. The summed E-state index contributed by atoms with van der Waals surface area (Å²) >= 11 is 0. The number of benzene rings is 2. The van der Waals surface area contributed by atoms with Gasteiger partial charge < -0.3 is 24.2 Å². The first kappa shape index (κ1) is 24.9. The number of carbonyl (C=O) groups excluding carboxylic acids is 1. The molecule has 7 nitrogen and oxygen atoms in total. The van der Waals surface area contributed by atoms with Crippen molar-refractivity contribution < 1.29 is 28.9 Å². The van der Waals surface area contributed by atoms with Crippen molar-refractivity contribution in [2.24, 2.45) is 0 Å². The zero-order valence-corrected chi connectivity index (χ0v) is 20.0. The second-order valence-electron chi connectivity index (χ2n) is 8.12. The maximum Gasteiger partial charge on any atom is 0.345 e. The molecule has 3 rings (SSSR count). The summed E-state index contributed by atoms with van der Waals surface area (Å²) in [5.74, 6) is -0.451. The Hall–Kier alpha value is -3.74. The number of hydrogen-bond donors (Lipinski definition) is 1. The fourth-order valence-electron chi connectivity index (χ4n) is 4.10. The van der Waals surface area contributed by atoms with Gasteiger partial charge in [0.2, 0.25) is 0 Å². The molecule has 2 aromatic carbocycles. The van der Waals surface area contributed by atoms with Gasteiger partial charge in [0.25, 0.3) is 0 Å². The third-order valence-corrected chi connectivity index (χ3v) is 6.03. The van der Waals surface area contributed by atoms with Crippen molar-refractivity contribution in [1.29, 1.82) is 0 Å². The first-order valence-corrected chi connectivity index (χ1v) is 11.3. The average molecular weight is 466 g/mol. The summed E-state index contributed by atoms with van der Waals surface area (Å²) < 4.78 is 16.0. The zero-order chi connectivity index (χ0) is 24.7. The molecule has 0 spiro atoms. The molecule has 0 aliphatic carbocycles. The molecular weight excluding hydrogens is 434 g/mol. The maximum absolute atomic E-state index is 13.1. The minimum Gasteiger partial charge on any atom is -0.493 e. The summed E-state index contributed by atoms with van der Waals surface area (Å²) in [5, 5.41) is 9.75. The lowest BCUT2D eigenvalue weighted by Gasteiger charge is -2.36. The van der Waals surface area contributed by atoms with Crippen LogP contribution in [0.3, 0.4) is 0 Å². The Kier molecular flexibility index (Phi) is 8.35. The zero-order valence-electron chi connectivity index (χ0n) is 20.0. The number of unbranched alkanes of at least 4 members (excludes halogenated alkanes) is 1. The molecule has 180 valence electrons. The summed E-state index contributed by atoms with van der Waals surface area (Å²) in [5.41, 5.74) is 2.36. The number of aryl methyl sites for hydroxylation is 1. The average Bonchev–Trinajstić information content (AvgIpc) is 2.83.